The minimum absolute atomic E-state index is 0.140. The molecule has 3 N–H and O–H groups in total. The molecule has 0 saturated carbocycles. The molecule has 0 bridgehead atoms. The average Bonchev–Trinajstić information content (AvgIpc) is 2.95. The number of anilines is 1. The summed E-state index contributed by atoms with van der Waals surface area (Å²) in [5.74, 6) is 0.463. The summed E-state index contributed by atoms with van der Waals surface area (Å²) in [6, 6.07) is 32.2. The highest BCUT2D eigenvalue weighted by Gasteiger charge is 2.14. The highest BCUT2D eigenvalue weighted by molar-refractivity contribution is 6.30. The number of phenolic OH excluding ortho intramolecular Hbond substituents is 2. The first-order valence-corrected chi connectivity index (χ1v) is 13.7. The van der Waals surface area contributed by atoms with Crippen molar-refractivity contribution in [1.82, 2.24) is 4.90 Å². The van der Waals surface area contributed by atoms with Crippen molar-refractivity contribution in [3.8, 4) is 22.6 Å². The first-order valence-electron chi connectivity index (χ1n) is 13.3. The molecular formula is C34H31ClN2O3. The lowest BCUT2D eigenvalue weighted by Gasteiger charge is -2.21. The van der Waals surface area contributed by atoms with Crippen LogP contribution in [-0.2, 0) is 12.8 Å². The highest BCUT2D eigenvalue weighted by Crippen LogP contribution is 2.34. The van der Waals surface area contributed by atoms with Crippen LogP contribution in [0.2, 0.25) is 5.02 Å². The zero-order chi connectivity index (χ0) is 28.1. The zero-order valence-corrected chi connectivity index (χ0v) is 23.0. The molecule has 5 nitrogen and oxygen atoms in total. The Morgan fingerprint density at radius 1 is 0.825 bits per heavy atom. The molecule has 0 saturated heterocycles. The Bertz CT molecular complexity index is 1630. The fourth-order valence-electron chi connectivity index (χ4n) is 4.99. The third-order valence-corrected chi connectivity index (χ3v) is 7.35. The van der Waals surface area contributed by atoms with Gasteiger partial charge in [0, 0.05) is 23.8 Å². The molecule has 0 aliphatic rings. The summed E-state index contributed by atoms with van der Waals surface area (Å²) in [5, 5.41) is 25.5. The van der Waals surface area contributed by atoms with Crippen molar-refractivity contribution in [2.45, 2.75) is 19.8 Å². The van der Waals surface area contributed by atoms with Crippen molar-refractivity contribution in [2.24, 2.45) is 0 Å². The number of likely N-dealkylation sites (N-methyl/N-ethyl adjacent to an activating group) is 1. The van der Waals surface area contributed by atoms with E-state index in [4.69, 9.17) is 11.6 Å². The third-order valence-electron chi connectivity index (χ3n) is 7.10. The van der Waals surface area contributed by atoms with Gasteiger partial charge < -0.3 is 20.4 Å². The molecule has 0 heterocycles. The summed E-state index contributed by atoms with van der Waals surface area (Å²) in [6.45, 7) is 3.16. The van der Waals surface area contributed by atoms with Crippen LogP contribution in [0.15, 0.2) is 103 Å². The van der Waals surface area contributed by atoms with Gasteiger partial charge in [0.05, 0.1) is 0 Å². The van der Waals surface area contributed by atoms with Crippen molar-refractivity contribution >= 4 is 34.1 Å². The van der Waals surface area contributed by atoms with Crippen LogP contribution in [0.3, 0.4) is 0 Å². The molecule has 202 valence electrons. The van der Waals surface area contributed by atoms with Gasteiger partial charge in [0.2, 0.25) is 0 Å². The van der Waals surface area contributed by atoms with Crippen molar-refractivity contribution in [3.63, 3.8) is 0 Å². The summed E-state index contributed by atoms with van der Waals surface area (Å²) in [4.78, 5) is 14.6. The van der Waals surface area contributed by atoms with Gasteiger partial charge in [-0.1, -0.05) is 66.2 Å². The number of fused-ring (bicyclic) bond motifs is 1. The van der Waals surface area contributed by atoms with Gasteiger partial charge in [-0.25, -0.2) is 4.79 Å². The number of benzene rings is 5. The molecule has 0 radical (unpaired) electrons. The Morgan fingerprint density at radius 2 is 1.55 bits per heavy atom. The van der Waals surface area contributed by atoms with Crippen molar-refractivity contribution in [2.75, 3.05) is 18.4 Å². The molecule has 5 aromatic carbocycles. The van der Waals surface area contributed by atoms with Gasteiger partial charge in [-0.3, -0.25) is 0 Å². The summed E-state index contributed by atoms with van der Waals surface area (Å²) in [5.41, 5.74) is 6.27. The molecule has 0 atom stereocenters. The van der Waals surface area contributed by atoms with E-state index in [1.165, 1.54) is 0 Å². The number of amides is 2. The summed E-state index contributed by atoms with van der Waals surface area (Å²) >= 11 is 5.96. The van der Waals surface area contributed by atoms with Gasteiger partial charge >= 0.3 is 6.03 Å². The van der Waals surface area contributed by atoms with Gasteiger partial charge in [-0.05, 0) is 107 Å². The topological polar surface area (TPSA) is 72.8 Å². The van der Waals surface area contributed by atoms with E-state index in [9.17, 15) is 15.0 Å². The number of nitrogens with zero attached hydrogens (tertiary/aromatic N) is 1. The number of hydrogen-bond acceptors (Lipinski definition) is 3. The Balaban J connectivity index is 1.36. The number of rotatable bonds is 8. The number of phenols is 2. The average molecular weight is 551 g/mol. The van der Waals surface area contributed by atoms with E-state index in [2.05, 4.69) is 35.6 Å². The molecule has 0 aliphatic carbocycles. The molecule has 5 aromatic rings. The van der Waals surface area contributed by atoms with Crippen LogP contribution in [0.1, 0.15) is 23.6 Å². The second kappa shape index (κ2) is 12.1. The summed E-state index contributed by atoms with van der Waals surface area (Å²) in [7, 11) is 0. The molecule has 2 amide bonds. The molecule has 0 fully saturated rings. The normalized spacial score (nSPS) is 10.9. The lowest BCUT2D eigenvalue weighted by Crippen LogP contribution is -2.36. The van der Waals surface area contributed by atoms with Crippen LogP contribution in [0.25, 0.3) is 21.9 Å². The number of carbonyl (C=O) groups excluding carboxylic acids is 1. The van der Waals surface area contributed by atoms with E-state index in [-0.39, 0.29) is 17.5 Å². The Hall–Kier alpha value is -4.48. The van der Waals surface area contributed by atoms with E-state index in [1.807, 2.05) is 31.2 Å². The molecule has 0 unspecified atom stereocenters. The van der Waals surface area contributed by atoms with E-state index in [0.29, 0.717) is 30.2 Å². The molecule has 40 heavy (non-hydrogen) atoms. The minimum atomic E-state index is -0.140. The fraction of sp³-hybridized carbons (Fsp3) is 0.147. The predicted octanol–water partition coefficient (Wildman–Crippen LogP) is 8.26. The van der Waals surface area contributed by atoms with Crippen LogP contribution >= 0.6 is 11.6 Å². The molecule has 0 spiro atoms. The number of hydrogen-bond donors (Lipinski definition) is 3. The molecular weight excluding hydrogens is 520 g/mol. The van der Waals surface area contributed by atoms with Crippen molar-refractivity contribution in [1.29, 1.82) is 0 Å². The van der Waals surface area contributed by atoms with E-state index < -0.39 is 0 Å². The first kappa shape index (κ1) is 27.1. The lowest BCUT2D eigenvalue weighted by atomic mass is 9.89. The van der Waals surface area contributed by atoms with Gasteiger partial charge in [0.1, 0.15) is 11.5 Å². The SMILES string of the molecule is CCN(CCc1cccc(Cc2c(-c3ccc(O)cc3)ccc3cc(O)ccc23)c1)C(=O)Nc1ccc(Cl)cc1. The summed E-state index contributed by atoms with van der Waals surface area (Å²) in [6.07, 6.45) is 1.42. The maximum Gasteiger partial charge on any atom is 0.321 e. The maximum absolute atomic E-state index is 12.8. The highest BCUT2D eigenvalue weighted by atomic mass is 35.5. The van der Waals surface area contributed by atoms with Crippen molar-refractivity contribution < 1.29 is 15.0 Å². The molecule has 6 heteroatoms. The number of urea groups is 1. The monoisotopic (exact) mass is 550 g/mol. The van der Waals surface area contributed by atoms with Crippen LogP contribution in [0.4, 0.5) is 10.5 Å². The van der Waals surface area contributed by atoms with Crippen LogP contribution in [-0.4, -0.2) is 34.2 Å². The predicted molar refractivity (Wildman–Crippen MR) is 163 cm³/mol. The second-order valence-corrected chi connectivity index (χ2v) is 10.2. The number of aromatic hydroxyl groups is 2. The number of halogens is 1. The summed E-state index contributed by atoms with van der Waals surface area (Å²) < 4.78 is 0. The zero-order valence-electron chi connectivity index (χ0n) is 22.3. The van der Waals surface area contributed by atoms with Crippen LogP contribution in [0.5, 0.6) is 11.5 Å². The largest absolute Gasteiger partial charge is 0.508 e. The van der Waals surface area contributed by atoms with E-state index in [1.54, 1.807) is 53.4 Å². The van der Waals surface area contributed by atoms with Gasteiger partial charge in [0.25, 0.3) is 0 Å². The van der Waals surface area contributed by atoms with Crippen LogP contribution in [0, 0.1) is 0 Å². The fourth-order valence-corrected chi connectivity index (χ4v) is 5.11. The maximum atomic E-state index is 12.8. The smallest absolute Gasteiger partial charge is 0.321 e. The standard InChI is InChI=1S/C34H31ClN2O3/c1-2-37(34(40)36-28-11-9-27(35)10-12-28)19-18-23-4-3-5-24(20-23)21-33-31(25-6-13-29(38)14-7-25)16-8-26-22-30(39)15-17-32(26)33/h3-17,20,22,38-39H,2,18-19,21H2,1H3,(H,36,40). The van der Waals surface area contributed by atoms with Gasteiger partial charge in [-0.2, -0.15) is 0 Å². The Kier molecular flexibility index (Phi) is 8.23. The quantitative estimate of drug-likeness (QED) is 0.182. The van der Waals surface area contributed by atoms with Crippen LogP contribution < -0.4 is 5.32 Å². The Morgan fingerprint density at radius 3 is 2.30 bits per heavy atom. The lowest BCUT2D eigenvalue weighted by molar-refractivity contribution is 0.215. The molecule has 0 aliphatic heterocycles. The van der Waals surface area contributed by atoms with Crippen molar-refractivity contribution in [3.05, 3.63) is 125 Å². The third kappa shape index (κ3) is 6.38. The molecule has 0 aromatic heterocycles. The van der Waals surface area contributed by atoms with E-state index >= 15 is 0 Å². The molecule has 5 rings (SSSR count). The second-order valence-electron chi connectivity index (χ2n) is 9.81. The number of nitrogens with one attached hydrogen (secondary N) is 1. The Labute approximate surface area is 239 Å². The first-order chi connectivity index (χ1) is 19.4. The minimum Gasteiger partial charge on any atom is -0.508 e. The number of carbonyl (C=O) groups is 1. The van der Waals surface area contributed by atoms with Gasteiger partial charge in [-0.15, -0.1) is 0 Å². The van der Waals surface area contributed by atoms with Gasteiger partial charge in [0.15, 0.2) is 0 Å². The van der Waals surface area contributed by atoms with E-state index in [0.717, 1.165) is 45.0 Å².